The third kappa shape index (κ3) is 4.50. The molecule has 0 amide bonds. The summed E-state index contributed by atoms with van der Waals surface area (Å²) in [5, 5.41) is 8.57. The van der Waals surface area contributed by atoms with Gasteiger partial charge in [-0.15, -0.1) is 5.10 Å². The predicted molar refractivity (Wildman–Crippen MR) is 129 cm³/mol. The first-order valence-corrected chi connectivity index (χ1v) is 11.1. The second-order valence-corrected chi connectivity index (χ2v) is 7.98. The SMILES string of the molecule is COc1ccc(-c2nc(NCCN3CCOCC3)nc3nn(-c4ccc(F)cc4)c(N)c23)cc1. The smallest absolute Gasteiger partial charge is 0.225 e. The van der Waals surface area contributed by atoms with Gasteiger partial charge in [-0.3, -0.25) is 4.90 Å². The molecule has 34 heavy (non-hydrogen) atoms. The van der Waals surface area contributed by atoms with E-state index in [2.05, 4.69) is 20.3 Å². The molecule has 10 heteroatoms. The molecule has 1 aliphatic rings. The average Bonchev–Trinajstić information content (AvgIpc) is 3.21. The van der Waals surface area contributed by atoms with Gasteiger partial charge in [0, 0.05) is 31.7 Å². The molecule has 1 aliphatic heterocycles. The number of hydrogen-bond donors (Lipinski definition) is 2. The van der Waals surface area contributed by atoms with Crippen LogP contribution >= 0.6 is 0 Å². The van der Waals surface area contributed by atoms with Crippen molar-refractivity contribution in [3.8, 4) is 22.7 Å². The van der Waals surface area contributed by atoms with Crippen LogP contribution < -0.4 is 15.8 Å². The van der Waals surface area contributed by atoms with E-state index < -0.39 is 0 Å². The Morgan fingerprint density at radius 2 is 1.79 bits per heavy atom. The third-order valence-corrected chi connectivity index (χ3v) is 5.82. The molecule has 1 saturated heterocycles. The van der Waals surface area contributed by atoms with E-state index in [-0.39, 0.29) is 5.82 Å². The van der Waals surface area contributed by atoms with E-state index in [0.29, 0.717) is 40.7 Å². The van der Waals surface area contributed by atoms with Crippen LogP contribution in [0.15, 0.2) is 48.5 Å². The number of rotatable bonds is 7. The van der Waals surface area contributed by atoms with Crippen molar-refractivity contribution >= 4 is 22.8 Å². The molecule has 2 aromatic carbocycles. The Hall–Kier alpha value is -3.76. The van der Waals surface area contributed by atoms with E-state index in [1.807, 2.05) is 24.3 Å². The van der Waals surface area contributed by atoms with E-state index in [0.717, 1.165) is 44.2 Å². The Morgan fingerprint density at radius 3 is 2.50 bits per heavy atom. The molecule has 3 N–H and O–H groups in total. The van der Waals surface area contributed by atoms with Crippen LogP contribution in [-0.4, -0.2) is 71.2 Å². The molecule has 5 rings (SSSR count). The molecule has 1 fully saturated rings. The second-order valence-electron chi connectivity index (χ2n) is 7.98. The summed E-state index contributed by atoms with van der Waals surface area (Å²) in [6.07, 6.45) is 0. The number of aromatic nitrogens is 4. The van der Waals surface area contributed by atoms with Gasteiger partial charge in [-0.2, -0.15) is 4.98 Å². The topological polar surface area (TPSA) is 103 Å². The van der Waals surface area contributed by atoms with Crippen molar-refractivity contribution in [1.29, 1.82) is 0 Å². The minimum absolute atomic E-state index is 0.329. The van der Waals surface area contributed by atoms with Gasteiger partial charge in [0.2, 0.25) is 5.95 Å². The fourth-order valence-electron chi connectivity index (χ4n) is 3.98. The fourth-order valence-corrected chi connectivity index (χ4v) is 3.98. The van der Waals surface area contributed by atoms with E-state index in [4.69, 9.17) is 20.2 Å². The van der Waals surface area contributed by atoms with Crippen LogP contribution in [-0.2, 0) is 4.74 Å². The standard InChI is InChI=1S/C24H26FN7O2/c1-33-19-8-2-16(3-9-19)21-20-22(26)32(18-6-4-17(25)5-7-18)30-23(20)29-24(28-21)27-10-11-31-12-14-34-15-13-31/h2-9H,10-15,26H2,1H3,(H,27,29,30). The Kier molecular flexibility index (Phi) is 6.24. The Bertz CT molecular complexity index is 1270. The zero-order valence-corrected chi connectivity index (χ0v) is 18.9. The van der Waals surface area contributed by atoms with Gasteiger partial charge < -0.3 is 20.5 Å². The van der Waals surface area contributed by atoms with Crippen molar-refractivity contribution in [3.63, 3.8) is 0 Å². The molecular weight excluding hydrogens is 437 g/mol. The summed E-state index contributed by atoms with van der Waals surface area (Å²) in [5.74, 6) is 1.26. The highest BCUT2D eigenvalue weighted by Gasteiger charge is 2.19. The van der Waals surface area contributed by atoms with Crippen LogP contribution in [0.4, 0.5) is 16.2 Å². The molecule has 0 saturated carbocycles. The third-order valence-electron chi connectivity index (χ3n) is 5.82. The van der Waals surface area contributed by atoms with Gasteiger partial charge >= 0.3 is 0 Å². The van der Waals surface area contributed by atoms with E-state index in [1.54, 1.807) is 23.9 Å². The molecule has 0 bridgehead atoms. The molecule has 2 aromatic heterocycles. The minimum Gasteiger partial charge on any atom is -0.497 e. The molecule has 0 unspecified atom stereocenters. The summed E-state index contributed by atoms with van der Waals surface area (Å²) in [6.45, 7) is 4.87. The normalized spacial score (nSPS) is 14.4. The molecule has 3 heterocycles. The van der Waals surface area contributed by atoms with Crippen molar-refractivity contribution in [1.82, 2.24) is 24.6 Å². The van der Waals surface area contributed by atoms with Crippen LogP contribution in [0.25, 0.3) is 28.0 Å². The van der Waals surface area contributed by atoms with E-state index in [9.17, 15) is 4.39 Å². The van der Waals surface area contributed by atoms with Crippen molar-refractivity contribution in [2.45, 2.75) is 0 Å². The van der Waals surface area contributed by atoms with Crippen LogP contribution in [0.1, 0.15) is 0 Å². The zero-order valence-electron chi connectivity index (χ0n) is 18.9. The number of fused-ring (bicyclic) bond motifs is 1. The van der Waals surface area contributed by atoms with E-state index >= 15 is 0 Å². The van der Waals surface area contributed by atoms with Gasteiger partial charge in [0.15, 0.2) is 5.65 Å². The molecule has 0 aliphatic carbocycles. The van der Waals surface area contributed by atoms with Crippen LogP contribution in [0.2, 0.25) is 0 Å². The van der Waals surface area contributed by atoms with Crippen LogP contribution in [0, 0.1) is 5.82 Å². The maximum absolute atomic E-state index is 13.4. The lowest BCUT2D eigenvalue weighted by molar-refractivity contribution is 0.0398. The lowest BCUT2D eigenvalue weighted by atomic mass is 10.1. The highest BCUT2D eigenvalue weighted by molar-refractivity contribution is 5.99. The predicted octanol–water partition coefficient (Wildman–Crippen LogP) is 2.96. The number of morpholine rings is 1. The first-order valence-electron chi connectivity index (χ1n) is 11.1. The number of anilines is 2. The monoisotopic (exact) mass is 463 g/mol. The number of ether oxygens (including phenoxy) is 2. The molecule has 4 aromatic rings. The fraction of sp³-hybridized carbons (Fsp3) is 0.292. The number of hydrogen-bond acceptors (Lipinski definition) is 8. The second kappa shape index (κ2) is 9.62. The average molecular weight is 464 g/mol. The lowest BCUT2D eigenvalue weighted by Crippen LogP contribution is -2.39. The maximum Gasteiger partial charge on any atom is 0.225 e. The van der Waals surface area contributed by atoms with Crippen LogP contribution in [0.5, 0.6) is 5.75 Å². The number of nitrogen functional groups attached to an aromatic ring is 1. The first kappa shape index (κ1) is 22.1. The van der Waals surface area contributed by atoms with Gasteiger partial charge in [-0.1, -0.05) is 0 Å². The highest BCUT2D eigenvalue weighted by Crippen LogP contribution is 2.33. The van der Waals surface area contributed by atoms with Gasteiger partial charge in [0.05, 0.1) is 37.1 Å². The minimum atomic E-state index is -0.329. The summed E-state index contributed by atoms with van der Waals surface area (Å²) in [5.41, 5.74) is 9.12. The zero-order chi connectivity index (χ0) is 23.5. The number of nitrogens with two attached hydrogens (primary N) is 1. The highest BCUT2D eigenvalue weighted by atomic mass is 19.1. The molecule has 0 spiro atoms. The summed E-state index contributed by atoms with van der Waals surface area (Å²) in [4.78, 5) is 11.8. The first-order chi connectivity index (χ1) is 16.6. The van der Waals surface area contributed by atoms with Gasteiger partial charge in [-0.05, 0) is 48.5 Å². The van der Waals surface area contributed by atoms with Crippen molar-refractivity contribution < 1.29 is 13.9 Å². The lowest BCUT2D eigenvalue weighted by Gasteiger charge is -2.26. The largest absolute Gasteiger partial charge is 0.497 e. The number of benzene rings is 2. The summed E-state index contributed by atoms with van der Waals surface area (Å²) >= 11 is 0. The molecule has 0 radical (unpaired) electrons. The molecule has 0 atom stereocenters. The summed E-state index contributed by atoms with van der Waals surface area (Å²) in [7, 11) is 1.62. The molecule has 9 nitrogen and oxygen atoms in total. The van der Waals surface area contributed by atoms with Crippen LogP contribution in [0.3, 0.4) is 0 Å². The number of methoxy groups -OCH3 is 1. The van der Waals surface area contributed by atoms with Crippen molar-refractivity contribution in [3.05, 3.63) is 54.3 Å². The van der Waals surface area contributed by atoms with Crippen molar-refractivity contribution in [2.24, 2.45) is 0 Å². The molecular formula is C24H26FN7O2. The van der Waals surface area contributed by atoms with E-state index in [1.165, 1.54) is 12.1 Å². The van der Waals surface area contributed by atoms with Gasteiger partial charge in [0.1, 0.15) is 17.4 Å². The summed E-state index contributed by atoms with van der Waals surface area (Å²) in [6, 6.07) is 13.6. The van der Waals surface area contributed by atoms with Gasteiger partial charge in [-0.25, -0.2) is 14.1 Å². The van der Waals surface area contributed by atoms with Crippen molar-refractivity contribution in [2.75, 3.05) is 57.6 Å². The summed E-state index contributed by atoms with van der Waals surface area (Å²) < 4.78 is 25.7. The quantitative estimate of drug-likeness (QED) is 0.431. The number of nitrogens with zero attached hydrogens (tertiary/aromatic N) is 5. The number of nitrogens with one attached hydrogen (secondary N) is 1. The number of halogens is 1. The Balaban J connectivity index is 1.53. The molecule has 176 valence electrons. The Labute approximate surface area is 196 Å². The Morgan fingerprint density at radius 1 is 1.06 bits per heavy atom. The van der Waals surface area contributed by atoms with Gasteiger partial charge in [0.25, 0.3) is 0 Å². The maximum atomic E-state index is 13.4.